The molecule has 0 N–H and O–H groups in total. The van der Waals surface area contributed by atoms with Gasteiger partial charge in [-0.2, -0.15) is 11.8 Å². The van der Waals surface area contributed by atoms with E-state index >= 15 is 0 Å². The Morgan fingerprint density at radius 3 is 2.89 bits per heavy atom. The van der Waals surface area contributed by atoms with Crippen molar-refractivity contribution in [3.8, 4) is 0 Å². The minimum Gasteiger partial charge on any atom is -0.298 e. The van der Waals surface area contributed by atoms with Gasteiger partial charge in [0.25, 0.3) is 5.56 Å². The van der Waals surface area contributed by atoms with Gasteiger partial charge in [0, 0.05) is 17.3 Å². The van der Waals surface area contributed by atoms with Gasteiger partial charge in [0.05, 0.1) is 22.3 Å². The molecule has 0 radical (unpaired) electrons. The Bertz CT molecular complexity index is 627. The fraction of sp³-hybridized carbons (Fsp3) is 0.333. The number of benzene rings is 1. The first-order chi connectivity index (χ1) is 8.63. The molecule has 0 saturated carbocycles. The molecule has 1 aromatic carbocycles. The third-order valence-corrected chi connectivity index (χ3v) is 3.91. The largest absolute Gasteiger partial charge is 0.298 e. The maximum atomic E-state index is 12.2. The fourth-order valence-electron chi connectivity index (χ4n) is 1.66. The van der Waals surface area contributed by atoms with Crippen LogP contribution in [0.2, 0.25) is 10.0 Å². The molecule has 0 amide bonds. The average molecular weight is 303 g/mol. The van der Waals surface area contributed by atoms with Crippen LogP contribution in [0, 0.1) is 0 Å². The molecule has 0 atom stereocenters. The smallest absolute Gasteiger partial charge is 0.261 e. The highest BCUT2D eigenvalue weighted by atomic mass is 35.5. The minimum absolute atomic E-state index is 0.0962. The minimum atomic E-state index is -0.0962. The molecule has 0 unspecified atom stereocenters. The number of halogens is 2. The first-order valence-electron chi connectivity index (χ1n) is 5.55. The quantitative estimate of drug-likeness (QED) is 0.811. The number of aryl methyl sites for hydroxylation is 1. The van der Waals surface area contributed by atoms with Crippen LogP contribution in [0.5, 0.6) is 0 Å². The molecule has 0 bridgehead atoms. The molecule has 0 saturated heterocycles. The van der Waals surface area contributed by atoms with E-state index in [2.05, 4.69) is 11.9 Å². The number of thioether (sulfide) groups is 1. The van der Waals surface area contributed by atoms with E-state index in [1.165, 1.54) is 0 Å². The summed E-state index contributed by atoms with van der Waals surface area (Å²) in [5.74, 6) is 1.92. The number of fused-ring (bicyclic) bond motifs is 1. The summed E-state index contributed by atoms with van der Waals surface area (Å²) in [5, 5.41) is 1.33. The third-order valence-electron chi connectivity index (χ3n) is 2.53. The van der Waals surface area contributed by atoms with Crippen molar-refractivity contribution in [2.75, 3.05) is 11.5 Å². The molecular formula is C12H12Cl2N2OS. The second kappa shape index (κ2) is 5.95. The summed E-state index contributed by atoms with van der Waals surface area (Å²) < 4.78 is 1.59. The van der Waals surface area contributed by atoms with E-state index in [0.29, 0.717) is 27.5 Å². The number of nitrogens with zero attached hydrogens (tertiary/aromatic N) is 2. The number of rotatable bonds is 4. The van der Waals surface area contributed by atoms with Crippen molar-refractivity contribution in [3.05, 3.63) is 38.9 Å². The van der Waals surface area contributed by atoms with Gasteiger partial charge in [-0.1, -0.05) is 30.1 Å². The lowest BCUT2D eigenvalue weighted by Gasteiger charge is -2.07. The number of hydrogen-bond donors (Lipinski definition) is 0. The van der Waals surface area contributed by atoms with Crippen LogP contribution in [0.3, 0.4) is 0 Å². The third kappa shape index (κ3) is 2.82. The van der Waals surface area contributed by atoms with Crippen LogP contribution >= 0.6 is 35.0 Å². The highest BCUT2D eigenvalue weighted by Gasteiger charge is 2.08. The Kier molecular flexibility index (Phi) is 4.54. The molecule has 1 aromatic heterocycles. The molecule has 0 fully saturated rings. The zero-order valence-electron chi connectivity index (χ0n) is 9.82. The van der Waals surface area contributed by atoms with E-state index in [0.717, 1.165) is 11.5 Å². The number of aromatic nitrogens is 2. The lowest BCUT2D eigenvalue weighted by atomic mass is 10.2. The maximum absolute atomic E-state index is 12.2. The second-order valence-corrected chi connectivity index (χ2v) is 5.96. The molecule has 0 spiro atoms. The number of hydrogen-bond acceptors (Lipinski definition) is 3. The zero-order valence-corrected chi connectivity index (χ0v) is 12.1. The van der Waals surface area contributed by atoms with E-state index in [-0.39, 0.29) is 5.56 Å². The summed E-state index contributed by atoms with van der Waals surface area (Å²) in [6.45, 7) is 2.73. The van der Waals surface area contributed by atoms with E-state index in [1.54, 1.807) is 34.8 Å². The van der Waals surface area contributed by atoms with Gasteiger partial charge in [0.15, 0.2) is 0 Å². The SMILES string of the molecule is CCSCCn1cnc2c(Cl)cc(Cl)cc2c1=O. The Hall–Kier alpha value is -0.710. The molecule has 96 valence electrons. The van der Waals surface area contributed by atoms with Gasteiger partial charge in [-0.05, 0) is 17.9 Å². The van der Waals surface area contributed by atoms with Crippen LogP contribution in [-0.2, 0) is 6.54 Å². The molecule has 18 heavy (non-hydrogen) atoms. The van der Waals surface area contributed by atoms with Crippen LogP contribution in [0.15, 0.2) is 23.3 Å². The van der Waals surface area contributed by atoms with Crippen LogP contribution in [0.4, 0.5) is 0 Å². The summed E-state index contributed by atoms with van der Waals surface area (Å²) in [5.41, 5.74) is 0.409. The summed E-state index contributed by atoms with van der Waals surface area (Å²) >= 11 is 13.7. The van der Waals surface area contributed by atoms with Crippen LogP contribution < -0.4 is 5.56 Å². The first-order valence-corrected chi connectivity index (χ1v) is 7.46. The summed E-state index contributed by atoms with van der Waals surface area (Å²) in [7, 11) is 0. The Labute approximate surface area is 119 Å². The van der Waals surface area contributed by atoms with Crippen LogP contribution in [0.1, 0.15) is 6.92 Å². The standard InChI is InChI=1S/C12H12Cl2N2OS/c1-2-18-4-3-16-7-15-11-9(12(16)17)5-8(13)6-10(11)14/h5-7H,2-4H2,1H3. The highest BCUT2D eigenvalue weighted by Crippen LogP contribution is 2.23. The molecular weight excluding hydrogens is 291 g/mol. The first kappa shape index (κ1) is 13.7. The van der Waals surface area contributed by atoms with E-state index < -0.39 is 0 Å². The van der Waals surface area contributed by atoms with Crippen molar-refractivity contribution in [2.45, 2.75) is 13.5 Å². The van der Waals surface area contributed by atoms with Crippen molar-refractivity contribution < 1.29 is 0 Å². The van der Waals surface area contributed by atoms with E-state index in [1.807, 2.05) is 0 Å². The van der Waals surface area contributed by atoms with Crippen LogP contribution in [0.25, 0.3) is 10.9 Å². The van der Waals surface area contributed by atoms with Gasteiger partial charge in [-0.25, -0.2) is 4.98 Å². The molecule has 2 aromatic rings. The predicted molar refractivity (Wildman–Crippen MR) is 79.0 cm³/mol. The van der Waals surface area contributed by atoms with Crippen molar-refractivity contribution in [1.82, 2.24) is 9.55 Å². The molecule has 3 nitrogen and oxygen atoms in total. The summed E-state index contributed by atoms with van der Waals surface area (Å²) in [6.07, 6.45) is 1.54. The van der Waals surface area contributed by atoms with Crippen molar-refractivity contribution in [1.29, 1.82) is 0 Å². The molecule has 2 rings (SSSR count). The van der Waals surface area contributed by atoms with E-state index in [9.17, 15) is 4.79 Å². The summed E-state index contributed by atoms with van der Waals surface area (Å²) in [6, 6.07) is 3.21. The van der Waals surface area contributed by atoms with Gasteiger partial charge in [-0.3, -0.25) is 9.36 Å². The fourth-order valence-corrected chi connectivity index (χ4v) is 2.82. The Morgan fingerprint density at radius 1 is 1.39 bits per heavy atom. The molecule has 0 aliphatic rings. The lowest BCUT2D eigenvalue weighted by Crippen LogP contribution is -2.21. The van der Waals surface area contributed by atoms with Crippen molar-refractivity contribution in [2.24, 2.45) is 0 Å². The van der Waals surface area contributed by atoms with Gasteiger partial charge < -0.3 is 0 Å². The Morgan fingerprint density at radius 2 is 2.17 bits per heavy atom. The lowest BCUT2D eigenvalue weighted by molar-refractivity contribution is 0.725. The van der Waals surface area contributed by atoms with Crippen molar-refractivity contribution >= 4 is 45.9 Å². The van der Waals surface area contributed by atoms with E-state index in [4.69, 9.17) is 23.2 Å². The van der Waals surface area contributed by atoms with Gasteiger partial charge in [-0.15, -0.1) is 0 Å². The Balaban J connectivity index is 2.47. The van der Waals surface area contributed by atoms with Crippen LogP contribution in [-0.4, -0.2) is 21.1 Å². The van der Waals surface area contributed by atoms with Crippen molar-refractivity contribution in [3.63, 3.8) is 0 Å². The summed E-state index contributed by atoms with van der Waals surface area (Å²) in [4.78, 5) is 16.4. The molecule has 6 heteroatoms. The highest BCUT2D eigenvalue weighted by molar-refractivity contribution is 7.99. The molecule has 0 aliphatic heterocycles. The zero-order chi connectivity index (χ0) is 13.1. The molecule has 1 heterocycles. The molecule has 0 aliphatic carbocycles. The van der Waals surface area contributed by atoms with Gasteiger partial charge in [0.1, 0.15) is 0 Å². The second-order valence-electron chi connectivity index (χ2n) is 3.72. The van der Waals surface area contributed by atoms with Gasteiger partial charge >= 0.3 is 0 Å². The topological polar surface area (TPSA) is 34.9 Å². The monoisotopic (exact) mass is 302 g/mol. The maximum Gasteiger partial charge on any atom is 0.261 e. The normalized spacial score (nSPS) is 11.1. The predicted octanol–water partition coefficient (Wildman–Crippen LogP) is 3.46. The van der Waals surface area contributed by atoms with Gasteiger partial charge in [0.2, 0.25) is 0 Å². The average Bonchev–Trinajstić information content (AvgIpc) is 2.33.